The first-order chi connectivity index (χ1) is 11.6. The molecule has 4 heteroatoms. The minimum atomic E-state index is -0.834. The Morgan fingerprint density at radius 3 is 2.36 bits per heavy atom. The van der Waals surface area contributed by atoms with Crippen molar-refractivity contribution in [2.24, 2.45) is 40.4 Å². The zero-order valence-electron chi connectivity index (χ0n) is 15.9. The zero-order chi connectivity index (χ0) is 18.2. The van der Waals surface area contributed by atoms with Crippen LogP contribution in [0.4, 0.5) is 0 Å². The van der Waals surface area contributed by atoms with Gasteiger partial charge in [-0.05, 0) is 92.8 Å². The SMILES string of the molecule is CC12CC(C(=O)O)C(O)CC1CCC1C2CCC2(C)C1CCC2(C)O. The maximum Gasteiger partial charge on any atom is 0.309 e. The van der Waals surface area contributed by atoms with Gasteiger partial charge in [0.15, 0.2) is 0 Å². The molecule has 4 aliphatic carbocycles. The maximum absolute atomic E-state index is 11.7. The Morgan fingerprint density at radius 2 is 1.68 bits per heavy atom. The highest BCUT2D eigenvalue weighted by molar-refractivity contribution is 5.71. The van der Waals surface area contributed by atoms with Gasteiger partial charge in [-0.2, -0.15) is 0 Å². The van der Waals surface area contributed by atoms with Crippen molar-refractivity contribution in [3.63, 3.8) is 0 Å². The molecule has 3 N–H and O–H groups in total. The molecule has 0 radical (unpaired) electrons. The number of hydrogen-bond donors (Lipinski definition) is 3. The van der Waals surface area contributed by atoms with Crippen LogP contribution in [-0.2, 0) is 4.79 Å². The molecule has 4 nitrogen and oxygen atoms in total. The van der Waals surface area contributed by atoms with E-state index in [9.17, 15) is 20.1 Å². The molecule has 9 unspecified atom stereocenters. The molecule has 0 bridgehead atoms. The number of rotatable bonds is 1. The number of carboxylic acid groups (broad SMARTS) is 1. The first-order valence-electron chi connectivity index (χ1n) is 10.2. The van der Waals surface area contributed by atoms with E-state index in [-0.39, 0.29) is 10.8 Å². The van der Waals surface area contributed by atoms with Gasteiger partial charge < -0.3 is 15.3 Å². The second-order valence-corrected chi connectivity index (χ2v) is 10.4. The number of carboxylic acids is 1. The Kier molecular flexibility index (Phi) is 3.88. The lowest BCUT2D eigenvalue weighted by atomic mass is 9.43. The molecule has 0 aromatic heterocycles. The molecule has 0 aromatic carbocycles. The van der Waals surface area contributed by atoms with Crippen molar-refractivity contribution < 1.29 is 20.1 Å². The monoisotopic (exact) mass is 350 g/mol. The number of fused-ring (bicyclic) bond motifs is 5. The minimum Gasteiger partial charge on any atom is -0.481 e. The lowest BCUT2D eigenvalue weighted by Crippen LogP contribution is -2.58. The average molecular weight is 350 g/mol. The van der Waals surface area contributed by atoms with Crippen molar-refractivity contribution in [3.8, 4) is 0 Å². The Bertz CT molecular complexity index is 572. The topological polar surface area (TPSA) is 77.8 Å². The third-order valence-electron chi connectivity index (χ3n) is 9.59. The second-order valence-electron chi connectivity index (χ2n) is 10.4. The fraction of sp³-hybridized carbons (Fsp3) is 0.952. The van der Waals surface area contributed by atoms with Crippen molar-refractivity contribution in [2.45, 2.75) is 83.8 Å². The first-order valence-corrected chi connectivity index (χ1v) is 10.2. The van der Waals surface area contributed by atoms with Crippen LogP contribution in [0.5, 0.6) is 0 Å². The van der Waals surface area contributed by atoms with Gasteiger partial charge in [0.2, 0.25) is 0 Å². The van der Waals surface area contributed by atoms with Crippen LogP contribution >= 0.6 is 0 Å². The molecule has 0 saturated heterocycles. The lowest BCUT2D eigenvalue weighted by molar-refractivity contribution is -0.175. The molecule has 142 valence electrons. The van der Waals surface area contributed by atoms with Gasteiger partial charge in [0.25, 0.3) is 0 Å². The van der Waals surface area contributed by atoms with Gasteiger partial charge in [-0.1, -0.05) is 13.8 Å². The summed E-state index contributed by atoms with van der Waals surface area (Å²) in [5, 5.41) is 30.9. The van der Waals surface area contributed by atoms with Gasteiger partial charge in [-0.25, -0.2) is 0 Å². The summed E-state index contributed by atoms with van der Waals surface area (Å²) in [5.74, 6) is 0.727. The molecule has 4 aliphatic rings. The molecule has 4 rings (SSSR count). The van der Waals surface area contributed by atoms with Gasteiger partial charge in [0.1, 0.15) is 0 Å². The van der Waals surface area contributed by atoms with Crippen LogP contribution in [0, 0.1) is 40.4 Å². The van der Waals surface area contributed by atoms with Crippen molar-refractivity contribution in [2.75, 3.05) is 0 Å². The Morgan fingerprint density at radius 1 is 1.00 bits per heavy atom. The molecule has 0 spiro atoms. The van der Waals surface area contributed by atoms with Crippen LogP contribution in [0.15, 0.2) is 0 Å². The third-order valence-corrected chi connectivity index (χ3v) is 9.59. The fourth-order valence-corrected chi connectivity index (χ4v) is 7.80. The molecular weight excluding hydrogens is 316 g/mol. The molecule has 0 heterocycles. The van der Waals surface area contributed by atoms with E-state index in [1.54, 1.807) is 0 Å². The highest BCUT2D eigenvalue weighted by atomic mass is 16.4. The highest BCUT2D eigenvalue weighted by Gasteiger charge is 2.64. The summed E-state index contributed by atoms with van der Waals surface area (Å²) in [5.41, 5.74) is -0.522. The molecule has 25 heavy (non-hydrogen) atoms. The summed E-state index contributed by atoms with van der Waals surface area (Å²) >= 11 is 0. The van der Waals surface area contributed by atoms with E-state index in [1.165, 1.54) is 6.42 Å². The minimum absolute atomic E-state index is 0.0117. The van der Waals surface area contributed by atoms with Crippen LogP contribution in [0.3, 0.4) is 0 Å². The van der Waals surface area contributed by atoms with E-state index in [0.29, 0.717) is 36.5 Å². The summed E-state index contributed by atoms with van der Waals surface area (Å²) in [6.45, 7) is 6.63. The summed E-state index contributed by atoms with van der Waals surface area (Å²) < 4.78 is 0. The van der Waals surface area contributed by atoms with Gasteiger partial charge in [0.05, 0.1) is 17.6 Å². The fourth-order valence-electron chi connectivity index (χ4n) is 7.80. The molecule has 4 saturated carbocycles. The van der Waals surface area contributed by atoms with Crippen molar-refractivity contribution >= 4 is 5.97 Å². The molecule has 0 aliphatic heterocycles. The third kappa shape index (κ3) is 2.29. The number of carbonyl (C=O) groups is 1. The second kappa shape index (κ2) is 5.45. The van der Waals surface area contributed by atoms with Crippen LogP contribution in [-0.4, -0.2) is 33.0 Å². The summed E-state index contributed by atoms with van der Waals surface area (Å²) in [4.78, 5) is 11.7. The van der Waals surface area contributed by atoms with Gasteiger partial charge in [-0.15, -0.1) is 0 Å². The largest absolute Gasteiger partial charge is 0.481 e. The summed E-state index contributed by atoms with van der Waals surface area (Å²) in [6.07, 6.45) is 7.03. The molecular formula is C21H34O4. The first kappa shape index (κ1) is 17.8. The van der Waals surface area contributed by atoms with Crippen LogP contribution < -0.4 is 0 Å². The average Bonchev–Trinajstić information content (AvgIpc) is 2.77. The van der Waals surface area contributed by atoms with E-state index in [0.717, 1.165) is 32.1 Å². The number of aliphatic hydroxyl groups excluding tert-OH is 1. The van der Waals surface area contributed by atoms with Gasteiger partial charge >= 0.3 is 5.97 Å². The van der Waals surface area contributed by atoms with E-state index >= 15 is 0 Å². The molecule has 9 atom stereocenters. The van der Waals surface area contributed by atoms with Crippen LogP contribution in [0.25, 0.3) is 0 Å². The molecule has 0 aromatic rings. The van der Waals surface area contributed by atoms with E-state index < -0.39 is 23.6 Å². The van der Waals surface area contributed by atoms with Gasteiger partial charge in [0, 0.05) is 0 Å². The van der Waals surface area contributed by atoms with E-state index in [4.69, 9.17) is 0 Å². The van der Waals surface area contributed by atoms with E-state index in [2.05, 4.69) is 13.8 Å². The smallest absolute Gasteiger partial charge is 0.309 e. The number of aliphatic carboxylic acids is 1. The Labute approximate surface area is 151 Å². The number of hydrogen-bond acceptors (Lipinski definition) is 3. The van der Waals surface area contributed by atoms with Crippen molar-refractivity contribution in [1.29, 1.82) is 0 Å². The predicted octanol–water partition coefficient (Wildman–Crippen LogP) is 3.45. The van der Waals surface area contributed by atoms with Crippen LogP contribution in [0.1, 0.15) is 72.1 Å². The van der Waals surface area contributed by atoms with Crippen molar-refractivity contribution in [3.05, 3.63) is 0 Å². The predicted molar refractivity (Wildman–Crippen MR) is 94.9 cm³/mol. The summed E-state index contributed by atoms with van der Waals surface area (Å²) in [7, 11) is 0. The lowest BCUT2D eigenvalue weighted by Gasteiger charge is -2.62. The molecule has 0 amide bonds. The van der Waals surface area contributed by atoms with Gasteiger partial charge in [-0.3, -0.25) is 4.79 Å². The van der Waals surface area contributed by atoms with E-state index in [1.807, 2.05) is 6.92 Å². The highest BCUT2D eigenvalue weighted by Crippen LogP contribution is 2.68. The molecule has 4 fully saturated rings. The van der Waals surface area contributed by atoms with Crippen molar-refractivity contribution in [1.82, 2.24) is 0 Å². The Hall–Kier alpha value is -0.610. The van der Waals surface area contributed by atoms with Crippen LogP contribution in [0.2, 0.25) is 0 Å². The Balaban J connectivity index is 1.65. The zero-order valence-corrected chi connectivity index (χ0v) is 15.9. The summed E-state index contributed by atoms with van der Waals surface area (Å²) in [6, 6.07) is 0. The quantitative estimate of drug-likeness (QED) is 0.677. The number of aliphatic hydroxyl groups is 2. The maximum atomic E-state index is 11.7. The normalized spacial score (nSPS) is 58.1. The standard InChI is InChI=1S/C21H34O4/c1-19-11-14(18(23)24)17(22)10-12(19)4-5-13-15(19)6-8-20(2)16(13)7-9-21(20,3)25/h12-17,22,25H,4-11H2,1-3H3,(H,23,24).